The lowest BCUT2D eigenvalue weighted by Gasteiger charge is -2.34. The molecule has 2 aliphatic heterocycles. The largest absolute Gasteiger partial charge is 0.480 e. The third-order valence-corrected chi connectivity index (χ3v) is 4.85. The van der Waals surface area contributed by atoms with Crippen molar-refractivity contribution in [3.8, 4) is 5.75 Å². The van der Waals surface area contributed by atoms with Crippen LogP contribution in [0.5, 0.6) is 5.75 Å². The van der Waals surface area contributed by atoms with Gasteiger partial charge in [-0.15, -0.1) is 0 Å². The number of carboxylic acids is 1. The van der Waals surface area contributed by atoms with E-state index < -0.39 is 12.1 Å². The number of aryl methyl sites for hydroxylation is 2. The summed E-state index contributed by atoms with van der Waals surface area (Å²) < 4.78 is 11.2. The third kappa shape index (κ3) is 3.38. The van der Waals surface area contributed by atoms with Gasteiger partial charge in [0, 0.05) is 25.7 Å². The first-order valence-electron chi connectivity index (χ1n) is 8.32. The van der Waals surface area contributed by atoms with Gasteiger partial charge in [0.05, 0.1) is 0 Å². The van der Waals surface area contributed by atoms with Crippen LogP contribution in [-0.4, -0.2) is 53.8 Å². The van der Waals surface area contributed by atoms with Gasteiger partial charge in [0.25, 0.3) is 5.91 Å². The topological polar surface area (TPSA) is 76.1 Å². The van der Waals surface area contributed by atoms with E-state index in [9.17, 15) is 14.7 Å². The SMILES string of the molecule is Cc1cc2c(cc1C)OC(C(=O)N(CC(=O)O)C1CCOCC1)C2. The van der Waals surface area contributed by atoms with Crippen molar-refractivity contribution in [2.24, 2.45) is 0 Å². The highest BCUT2D eigenvalue weighted by molar-refractivity contribution is 5.86. The molecule has 24 heavy (non-hydrogen) atoms. The summed E-state index contributed by atoms with van der Waals surface area (Å²) in [7, 11) is 0. The van der Waals surface area contributed by atoms with Crippen molar-refractivity contribution >= 4 is 11.9 Å². The van der Waals surface area contributed by atoms with Gasteiger partial charge in [0.15, 0.2) is 6.10 Å². The minimum Gasteiger partial charge on any atom is -0.480 e. The number of aliphatic carboxylic acids is 1. The van der Waals surface area contributed by atoms with Gasteiger partial charge < -0.3 is 19.5 Å². The fourth-order valence-electron chi connectivity index (χ4n) is 3.37. The van der Waals surface area contributed by atoms with Crippen LogP contribution in [0.3, 0.4) is 0 Å². The molecule has 1 fully saturated rings. The van der Waals surface area contributed by atoms with Crippen LogP contribution >= 0.6 is 0 Å². The minimum absolute atomic E-state index is 0.0989. The summed E-state index contributed by atoms with van der Waals surface area (Å²) in [4.78, 5) is 25.6. The lowest BCUT2D eigenvalue weighted by molar-refractivity contribution is -0.151. The summed E-state index contributed by atoms with van der Waals surface area (Å²) in [5.74, 6) is -0.508. The van der Waals surface area contributed by atoms with Crippen LogP contribution in [0, 0.1) is 13.8 Å². The molecule has 6 heteroatoms. The molecule has 1 amide bonds. The zero-order valence-corrected chi connectivity index (χ0v) is 14.1. The predicted octanol–water partition coefficient (Wildman–Crippen LogP) is 1.70. The molecular weight excluding hydrogens is 310 g/mol. The molecule has 1 aromatic carbocycles. The molecule has 3 rings (SSSR count). The summed E-state index contributed by atoms with van der Waals surface area (Å²) in [6, 6.07) is 3.90. The molecule has 0 aliphatic carbocycles. The highest BCUT2D eigenvalue weighted by Gasteiger charge is 2.37. The highest BCUT2D eigenvalue weighted by Crippen LogP contribution is 2.32. The molecule has 1 atom stereocenters. The summed E-state index contributed by atoms with van der Waals surface area (Å²) in [5.41, 5.74) is 3.30. The molecule has 2 heterocycles. The summed E-state index contributed by atoms with van der Waals surface area (Å²) in [5, 5.41) is 9.19. The maximum absolute atomic E-state index is 12.9. The number of nitrogens with zero attached hydrogens (tertiary/aromatic N) is 1. The number of benzene rings is 1. The average molecular weight is 333 g/mol. The van der Waals surface area contributed by atoms with Crippen LogP contribution < -0.4 is 4.74 Å². The maximum Gasteiger partial charge on any atom is 0.323 e. The molecule has 0 spiro atoms. The van der Waals surface area contributed by atoms with Crippen molar-refractivity contribution in [1.82, 2.24) is 4.90 Å². The van der Waals surface area contributed by atoms with E-state index in [4.69, 9.17) is 9.47 Å². The number of ether oxygens (including phenoxy) is 2. The average Bonchev–Trinajstić information content (AvgIpc) is 2.96. The van der Waals surface area contributed by atoms with Gasteiger partial charge in [-0.05, 0) is 49.4 Å². The number of amides is 1. The van der Waals surface area contributed by atoms with Gasteiger partial charge >= 0.3 is 5.97 Å². The van der Waals surface area contributed by atoms with Gasteiger partial charge in [-0.2, -0.15) is 0 Å². The van der Waals surface area contributed by atoms with E-state index in [0.717, 1.165) is 22.4 Å². The van der Waals surface area contributed by atoms with Crippen LogP contribution in [0.25, 0.3) is 0 Å². The van der Waals surface area contributed by atoms with E-state index in [1.807, 2.05) is 26.0 Å². The number of carbonyl (C=O) groups excluding carboxylic acids is 1. The smallest absolute Gasteiger partial charge is 0.323 e. The third-order valence-electron chi connectivity index (χ3n) is 4.85. The number of fused-ring (bicyclic) bond motifs is 1. The molecule has 0 aromatic heterocycles. The molecule has 1 saturated heterocycles. The fraction of sp³-hybridized carbons (Fsp3) is 0.556. The van der Waals surface area contributed by atoms with E-state index in [0.29, 0.717) is 32.5 Å². The molecule has 2 aliphatic rings. The zero-order valence-electron chi connectivity index (χ0n) is 14.1. The molecule has 0 saturated carbocycles. The monoisotopic (exact) mass is 333 g/mol. The van der Waals surface area contributed by atoms with Crippen LogP contribution in [-0.2, 0) is 20.7 Å². The van der Waals surface area contributed by atoms with Gasteiger partial charge in [-0.3, -0.25) is 9.59 Å². The summed E-state index contributed by atoms with van der Waals surface area (Å²) in [6.07, 6.45) is 1.19. The molecule has 1 aromatic rings. The minimum atomic E-state index is -1.00. The van der Waals surface area contributed by atoms with Crippen molar-refractivity contribution in [3.63, 3.8) is 0 Å². The van der Waals surface area contributed by atoms with Crippen molar-refractivity contribution in [3.05, 3.63) is 28.8 Å². The number of hydrogen-bond acceptors (Lipinski definition) is 4. The Kier molecular flexibility index (Phi) is 4.76. The first-order valence-corrected chi connectivity index (χ1v) is 8.32. The van der Waals surface area contributed by atoms with Crippen molar-refractivity contribution in [2.45, 2.75) is 45.3 Å². The fourth-order valence-corrected chi connectivity index (χ4v) is 3.37. The van der Waals surface area contributed by atoms with E-state index >= 15 is 0 Å². The highest BCUT2D eigenvalue weighted by atomic mass is 16.5. The van der Waals surface area contributed by atoms with E-state index in [1.165, 1.54) is 4.90 Å². The molecular formula is C18H23NO5. The maximum atomic E-state index is 12.9. The first-order chi connectivity index (χ1) is 11.5. The summed E-state index contributed by atoms with van der Waals surface area (Å²) in [6.45, 7) is 4.85. The Morgan fingerprint density at radius 3 is 2.54 bits per heavy atom. The zero-order chi connectivity index (χ0) is 17.3. The van der Waals surface area contributed by atoms with Crippen LogP contribution in [0.1, 0.15) is 29.5 Å². The number of carboxylic acid groups (broad SMARTS) is 1. The van der Waals surface area contributed by atoms with Crippen molar-refractivity contribution in [2.75, 3.05) is 19.8 Å². The Morgan fingerprint density at radius 2 is 1.88 bits per heavy atom. The van der Waals surface area contributed by atoms with E-state index in [-0.39, 0.29) is 18.5 Å². The first kappa shape index (κ1) is 16.8. The second kappa shape index (κ2) is 6.81. The standard InChI is InChI=1S/C18H23NO5/c1-11-7-13-9-16(24-15(13)8-12(11)2)18(22)19(10-17(20)21)14-3-5-23-6-4-14/h7-8,14,16H,3-6,9-10H2,1-2H3,(H,20,21). The Bertz CT molecular complexity index is 620. The van der Waals surface area contributed by atoms with Gasteiger partial charge in [0.2, 0.25) is 0 Å². The molecule has 6 nitrogen and oxygen atoms in total. The van der Waals surface area contributed by atoms with Crippen molar-refractivity contribution in [1.29, 1.82) is 0 Å². The number of rotatable bonds is 4. The molecule has 0 radical (unpaired) electrons. The van der Waals surface area contributed by atoms with Gasteiger partial charge in [0.1, 0.15) is 12.3 Å². The second-order valence-corrected chi connectivity index (χ2v) is 6.56. The number of carbonyl (C=O) groups is 2. The molecule has 0 bridgehead atoms. The Labute approximate surface area is 141 Å². The van der Waals surface area contributed by atoms with Crippen LogP contribution in [0.4, 0.5) is 0 Å². The molecule has 1 N–H and O–H groups in total. The van der Waals surface area contributed by atoms with E-state index in [1.54, 1.807) is 0 Å². The van der Waals surface area contributed by atoms with Crippen LogP contribution in [0.15, 0.2) is 12.1 Å². The molecule has 130 valence electrons. The van der Waals surface area contributed by atoms with Crippen LogP contribution in [0.2, 0.25) is 0 Å². The molecule has 1 unspecified atom stereocenters. The normalized spacial score (nSPS) is 20.3. The lowest BCUT2D eigenvalue weighted by Crippen LogP contribution is -2.50. The van der Waals surface area contributed by atoms with E-state index in [2.05, 4.69) is 0 Å². The second-order valence-electron chi connectivity index (χ2n) is 6.56. The lowest BCUT2D eigenvalue weighted by atomic mass is 10.0. The van der Waals surface area contributed by atoms with Gasteiger partial charge in [-0.1, -0.05) is 6.07 Å². The Morgan fingerprint density at radius 1 is 1.21 bits per heavy atom. The Hall–Kier alpha value is -2.08. The quantitative estimate of drug-likeness (QED) is 0.907. The predicted molar refractivity (Wildman–Crippen MR) is 87.2 cm³/mol. The van der Waals surface area contributed by atoms with Gasteiger partial charge in [-0.25, -0.2) is 0 Å². The summed E-state index contributed by atoms with van der Waals surface area (Å²) >= 11 is 0. The van der Waals surface area contributed by atoms with Crippen molar-refractivity contribution < 1.29 is 24.2 Å². The Balaban J connectivity index is 1.77. The number of hydrogen-bond donors (Lipinski definition) is 1.